The lowest BCUT2D eigenvalue weighted by atomic mass is 10.1. The highest BCUT2D eigenvalue weighted by atomic mass is 32.2. The second kappa shape index (κ2) is 7.79. The Labute approximate surface area is 161 Å². The van der Waals surface area contributed by atoms with Gasteiger partial charge in [-0.05, 0) is 44.0 Å². The van der Waals surface area contributed by atoms with Gasteiger partial charge in [0, 0.05) is 5.69 Å². The largest absolute Gasteiger partial charge is 0.335 e. The van der Waals surface area contributed by atoms with E-state index in [1.165, 1.54) is 10.7 Å². The van der Waals surface area contributed by atoms with Crippen molar-refractivity contribution in [2.75, 3.05) is 11.2 Å². The molecule has 0 aliphatic carbocycles. The van der Waals surface area contributed by atoms with E-state index < -0.39 is 11.1 Å². The normalized spacial score (nSPS) is 12.0. The van der Waals surface area contributed by atoms with E-state index in [4.69, 9.17) is 5.84 Å². The third-order valence-electron chi connectivity index (χ3n) is 4.16. The number of carbonyl (C=O) groups is 1. The van der Waals surface area contributed by atoms with Gasteiger partial charge in [-0.25, -0.2) is 9.07 Å². The van der Waals surface area contributed by atoms with Crippen molar-refractivity contribution in [3.8, 4) is 11.4 Å². The van der Waals surface area contributed by atoms with Crippen molar-refractivity contribution in [1.82, 2.24) is 14.9 Å². The second-order valence-electron chi connectivity index (χ2n) is 6.17. The molecule has 0 fully saturated rings. The van der Waals surface area contributed by atoms with Gasteiger partial charge in [-0.2, -0.15) is 0 Å². The van der Waals surface area contributed by atoms with Gasteiger partial charge in [0.25, 0.3) is 0 Å². The molecule has 1 atom stereocenters. The zero-order valence-electron chi connectivity index (χ0n) is 15.2. The SMILES string of the molecule is Cc1cccc(C)c1NC(=O)[C@H](C)Sc1nnc(-c2ccccc2F)n1N. The first kappa shape index (κ1) is 18.9. The molecule has 6 nitrogen and oxygen atoms in total. The maximum absolute atomic E-state index is 14.0. The van der Waals surface area contributed by atoms with E-state index in [2.05, 4.69) is 15.5 Å². The van der Waals surface area contributed by atoms with Gasteiger partial charge in [0.1, 0.15) is 5.82 Å². The van der Waals surface area contributed by atoms with Crippen LogP contribution in [0.1, 0.15) is 18.1 Å². The smallest absolute Gasteiger partial charge is 0.237 e. The van der Waals surface area contributed by atoms with Crippen molar-refractivity contribution in [2.24, 2.45) is 0 Å². The number of para-hydroxylation sites is 1. The molecule has 0 saturated heterocycles. The molecule has 0 bridgehead atoms. The Bertz CT molecular complexity index is 968. The van der Waals surface area contributed by atoms with Crippen LogP contribution in [0.25, 0.3) is 11.4 Å². The van der Waals surface area contributed by atoms with Crippen LogP contribution in [0.3, 0.4) is 0 Å². The topological polar surface area (TPSA) is 85.8 Å². The van der Waals surface area contributed by atoms with Gasteiger partial charge < -0.3 is 11.2 Å². The van der Waals surface area contributed by atoms with Gasteiger partial charge >= 0.3 is 0 Å². The Hall–Kier alpha value is -2.87. The highest BCUT2D eigenvalue weighted by molar-refractivity contribution is 8.00. The van der Waals surface area contributed by atoms with E-state index in [1.807, 2.05) is 32.0 Å². The Morgan fingerprint density at radius 1 is 1.15 bits per heavy atom. The van der Waals surface area contributed by atoms with Gasteiger partial charge in [-0.3, -0.25) is 4.79 Å². The molecule has 3 aromatic rings. The summed E-state index contributed by atoms with van der Waals surface area (Å²) < 4.78 is 15.2. The summed E-state index contributed by atoms with van der Waals surface area (Å²) in [5.74, 6) is 5.62. The zero-order chi connectivity index (χ0) is 19.6. The standard InChI is InChI=1S/C19H20FN5OS/c1-11-7-6-8-12(2)16(11)22-18(26)13(3)27-19-24-23-17(25(19)21)14-9-4-5-10-15(14)20/h4-10,13H,21H2,1-3H3,(H,22,26)/t13-/m0/s1. The molecule has 0 spiro atoms. The molecular weight excluding hydrogens is 365 g/mol. The maximum atomic E-state index is 14.0. The van der Waals surface area contributed by atoms with Crippen molar-refractivity contribution < 1.29 is 9.18 Å². The van der Waals surface area contributed by atoms with Crippen molar-refractivity contribution in [1.29, 1.82) is 0 Å². The lowest BCUT2D eigenvalue weighted by Gasteiger charge is -2.15. The van der Waals surface area contributed by atoms with Crippen LogP contribution in [0.2, 0.25) is 0 Å². The van der Waals surface area contributed by atoms with Crippen LogP contribution >= 0.6 is 11.8 Å². The first-order valence-corrected chi connectivity index (χ1v) is 9.25. The summed E-state index contributed by atoms with van der Waals surface area (Å²) in [6.07, 6.45) is 0. The average molecular weight is 385 g/mol. The average Bonchev–Trinajstić information content (AvgIpc) is 2.99. The van der Waals surface area contributed by atoms with Crippen molar-refractivity contribution in [3.05, 3.63) is 59.4 Å². The third-order valence-corrected chi connectivity index (χ3v) is 5.22. The first-order chi connectivity index (χ1) is 12.9. The Kier molecular flexibility index (Phi) is 5.46. The van der Waals surface area contributed by atoms with Crippen LogP contribution < -0.4 is 11.2 Å². The summed E-state index contributed by atoms with van der Waals surface area (Å²) in [7, 11) is 0. The molecule has 2 aromatic carbocycles. The predicted molar refractivity (Wildman–Crippen MR) is 105 cm³/mol. The van der Waals surface area contributed by atoms with Crippen molar-refractivity contribution >= 4 is 23.4 Å². The lowest BCUT2D eigenvalue weighted by molar-refractivity contribution is -0.115. The number of amides is 1. The number of aromatic nitrogens is 3. The third kappa shape index (κ3) is 3.95. The number of halogens is 1. The number of thioether (sulfide) groups is 1. The number of benzene rings is 2. The molecule has 0 radical (unpaired) electrons. The number of hydrogen-bond donors (Lipinski definition) is 2. The number of nitrogens with two attached hydrogens (primary N) is 1. The van der Waals surface area contributed by atoms with Gasteiger partial charge in [0.05, 0.1) is 10.8 Å². The summed E-state index contributed by atoms with van der Waals surface area (Å²) in [6, 6.07) is 12.0. The van der Waals surface area contributed by atoms with E-state index in [0.717, 1.165) is 28.6 Å². The van der Waals surface area contributed by atoms with E-state index in [9.17, 15) is 9.18 Å². The minimum Gasteiger partial charge on any atom is -0.335 e. The van der Waals surface area contributed by atoms with Crippen LogP contribution in [0.5, 0.6) is 0 Å². The molecule has 8 heteroatoms. The molecule has 3 N–H and O–H groups in total. The second-order valence-corrected chi connectivity index (χ2v) is 7.48. The van der Waals surface area contributed by atoms with Crippen LogP contribution in [-0.2, 0) is 4.79 Å². The van der Waals surface area contributed by atoms with Crippen LogP contribution in [0.15, 0.2) is 47.6 Å². The van der Waals surface area contributed by atoms with Crippen molar-refractivity contribution in [3.63, 3.8) is 0 Å². The van der Waals surface area contributed by atoms with Crippen LogP contribution in [0, 0.1) is 19.7 Å². The first-order valence-electron chi connectivity index (χ1n) is 8.37. The Morgan fingerprint density at radius 2 is 1.81 bits per heavy atom. The molecule has 1 amide bonds. The van der Waals surface area contributed by atoms with Gasteiger partial charge in [-0.1, -0.05) is 42.1 Å². The minimum atomic E-state index is -0.469. The molecule has 140 valence electrons. The Balaban J connectivity index is 1.76. The zero-order valence-corrected chi connectivity index (χ0v) is 16.0. The summed E-state index contributed by atoms with van der Waals surface area (Å²) in [5, 5.41) is 10.8. The summed E-state index contributed by atoms with van der Waals surface area (Å²) in [4.78, 5) is 12.6. The molecule has 0 aliphatic heterocycles. The molecule has 0 aliphatic rings. The highest BCUT2D eigenvalue weighted by Gasteiger charge is 2.21. The number of nitrogens with one attached hydrogen (secondary N) is 1. The molecule has 3 rings (SSSR count). The number of rotatable bonds is 5. The quantitative estimate of drug-likeness (QED) is 0.518. The number of anilines is 1. The Morgan fingerprint density at radius 3 is 2.48 bits per heavy atom. The van der Waals surface area contributed by atoms with Gasteiger partial charge in [-0.15, -0.1) is 10.2 Å². The fourth-order valence-electron chi connectivity index (χ4n) is 2.63. The van der Waals surface area contributed by atoms with E-state index >= 15 is 0 Å². The molecule has 0 saturated carbocycles. The van der Waals surface area contributed by atoms with E-state index in [-0.39, 0.29) is 17.3 Å². The minimum absolute atomic E-state index is 0.173. The number of nitrogens with zero attached hydrogens (tertiary/aromatic N) is 3. The monoisotopic (exact) mass is 385 g/mol. The molecule has 1 aromatic heterocycles. The summed E-state index contributed by atoms with van der Waals surface area (Å²) in [5.41, 5.74) is 3.04. The fourth-order valence-corrected chi connectivity index (χ4v) is 3.40. The van der Waals surface area contributed by atoms with E-state index in [0.29, 0.717) is 5.16 Å². The molecule has 27 heavy (non-hydrogen) atoms. The van der Waals surface area contributed by atoms with Gasteiger partial charge in [0.2, 0.25) is 11.1 Å². The maximum Gasteiger partial charge on any atom is 0.237 e. The number of nitrogen functional groups attached to an aromatic ring is 1. The van der Waals surface area contributed by atoms with Crippen LogP contribution in [0.4, 0.5) is 10.1 Å². The highest BCUT2D eigenvalue weighted by Crippen LogP contribution is 2.27. The number of hydrogen-bond acceptors (Lipinski definition) is 5. The summed E-state index contributed by atoms with van der Waals surface area (Å²) >= 11 is 1.16. The molecule has 1 heterocycles. The van der Waals surface area contributed by atoms with Gasteiger partial charge in [0.15, 0.2) is 5.82 Å². The van der Waals surface area contributed by atoms with E-state index in [1.54, 1.807) is 25.1 Å². The molecule has 0 unspecified atom stereocenters. The number of aryl methyl sites for hydroxylation is 2. The predicted octanol–water partition coefficient (Wildman–Crippen LogP) is 3.53. The summed E-state index contributed by atoms with van der Waals surface area (Å²) in [6.45, 7) is 5.64. The number of carbonyl (C=O) groups excluding carboxylic acids is 1. The van der Waals surface area contributed by atoms with Crippen LogP contribution in [-0.4, -0.2) is 26.0 Å². The molecular formula is C19H20FN5OS. The lowest BCUT2D eigenvalue weighted by Crippen LogP contribution is -2.24. The van der Waals surface area contributed by atoms with Crippen molar-refractivity contribution in [2.45, 2.75) is 31.2 Å². The fraction of sp³-hybridized carbons (Fsp3) is 0.211.